The minimum Gasteiger partial charge on any atom is -0.399 e. The van der Waals surface area contributed by atoms with Gasteiger partial charge in [-0.15, -0.1) is 11.3 Å². The van der Waals surface area contributed by atoms with E-state index in [9.17, 15) is 13.2 Å². The number of hydrogen-bond acceptors (Lipinski definition) is 6. The van der Waals surface area contributed by atoms with Gasteiger partial charge in [-0.3, -0.25) is 9.52 Å². The van der Waals surface area contributed by atoms with Crippen LogP contribution in [0.4, 0.5) is 10.8 Å². The maximum absolute atomic E-state index is 12.2. The third-order valence-corrected chi connectivity index (χ3v) is 5.53. The Bertz CT molecular complexity index is 771. The summed E-state index contributed by atoms with van der Waals surface area (Å²) >= 11 is 4.20. The Morgan fingerprint density at radius 3 is 2.70 bits per heavy atom. The van der Waals surface area contributed by atoms with Gasteiger partial charge in [0.2, 0.25) is 0 Å². The summed E-state index contributed by atoms with van der Waals surface area (Å²) in [5.74, 6) is -0.222. The number of nitrogens with zero attached hydrogens (tertiary/aromatic N) is 1. The second kappa shape index (κ2) is 5.51. The average Bonchev–Trinajstić information content (AvgIpc) is 2.76. The predicted octanol–water partition coefficient (Wildman–Crippen LogP) is 2.49. The molecule has 0 saturated heterocycles. The van der Waals surface area contributed by atoms with Crippen LogP contribution in [0.2, 0.25) is 0 Å². The van der Waals surface area contributed by atoms with Crippen LogP contribution >= 0.6 is 27.3 Å². The zero-order valence-electron chi connectivity index (χ0n) is 10.3. The van der Waals surface area contributed by atoms with Gasteiger partial charge in [-0.05, 0) is 34.1 Å². The summed E-state index contributed by atoms with van der Waals surface area (Å²) in [4.78, 5) is 15.1. The van der Waals surface area contributed by atoms with Crippen molar-refractivity contribution in [2.24, 2.45) is 0 Å². The third kappa shape index (κ3) is 3.17. The first kappa shape index (κ1) is 14.9. The van der Waals surface area contributed by atoms with Gasteiger partial charge in [0.05, 0.1) is 0 Å². The summed E-state index contributed by atoms with van der Waals surface area (Å²) in [6.45, 7) is 1.36. The Morgan fingerprint density at radius 2 is 2.15 bits per heavy atom. The Hall–Kier alpha value is -1.45. The first-order chi connectivity index (χ1) is 9.29. The molecule has 1 aromatic heterocycles. The maximum atomic E-state index is 12.2. The lowest BCUT2D eigenvalue weighted by Gasteiger charge is -2.07. The molecule has 0 radical (unpaired) electrons. The molecule has 9 heteroatoms. The Labute approximate surface area is 128 Å². The molecule has 0 spiro atoms. The standard InChI is InChI=1S/C11H10BrN3O3S2/c1-6(16)9-5-19-11(14-9)15-20(17,18)10-3-2-7(13)4-8(10)12/h2-5H,13H2,1H3,(H,14,15). The zero-order chi connectivity index (χ0) is 14.9. The minimum absolute atomic E-state index is 0.0475. The zero-order valence-corrected chi connectivity index (χ0v) is 13.5. The van der Waals surface area contributed by atoms with E-state index in [2.05, 4.69) is 25.6 Å². The Morgan fingerprint density at radius 1 is 1.45 bits per heavy atom. The number of ketones is 1. The summed E-state index contributed by atoms with van der Waals surface area (Å²) in [7, 11) is -3.79. The quantitative estimate of drug-likeness (QED) is 0.631. The van der Waals surface area contributed by atoms with Crippen LogP contribution in [0.1, 0.15) is 17.4 Å². The lowest BCUT2D eigenvalue weighted by Crippen LogP contribution is -2.13. The first-order valence-electron chi connectivity index (χ1n) is 5.34. The van der Waals surface area contributed by atoms with Gasteiger partial charge in [-0.2, -0.15) is 0 Å². The number of nitrogens with two attached hydrogens (primary N) is 1. The van der Waals surface area contributed by atoms with Crippen molar-refractivity contribution >= 4 is 53.9 Å². The lowest BCUT2D eigenvalue weighted by molar-refractivity contribution is 0.101. The number of carbonyl (C=O) groups is 1. The van der Waals surface area contributed by atoms with Crippen LogP contribution in [-0.2, 0) is 10.0 Å². The van der Waals surface area contributed by atoms with Crippen molar-refractivity contribution in [3.8, 4) is 0 Å². The fraction of sp³-hybridized carbons (Fsp3) is 0.0909. The second-order valence-electron chi connectivity index (χ2n) is 3.89. The number of sulfonamides is 1. The Kier molecular flexibility index (Phi) is 4.11. The van der Waals surface area contributed by atoms with Crippen molar-refractivity contribution in [1.82, 2.24) is 4.98 Å². The predicted molar refractivity (Wildman–Crippen MR) is 81.5 cm³/mol. The van der Waals surface area contributed by atoms with Crippen LogP contribution in [0.3, 0.4) is 0 Å². The van der Waals surface area contributed by atoms with Crippen LogP contribution < -0.4 is 10.5 Å². The first-order valence-corrected chi connectivity index (χ1v) is 8.49. The van der Waals surface area contributed by atoms with Gasteiger partial charge in [0.1, 0.15) is 10.6 Å². The van der Waals surface area contributed by atoms with E-state index in [-0.39, 0.29) is 21.5 Å². The molecular weight excluding hydrogens is 366 g/mol. The Balaban J connectivity index is 2.33. The van der Waals surface area contributed by atoms with Crippen LogP contribution in [0.15, 0.2) is 32.9 Å². The molecule has 0 fully saturated rings. The molecule has 2 rings (SSSR count). The fourth-order valence-electron chi connectivity index (χ4n) is 1.39. The number of halogens is 1. The minimum atomic E-state index is -3.79. The molecule has 3 N–H and O–H groups in total. The van der Waals surface area contributed by atoms with E-state index in [1.54, 1.807) is 0 Å². The van der Waals surface area contributed by atoms with Crippen LogP contribution in [0.5, 0.6) is 0 Å². The summed E-state index contributed by atoms with van der Waals surface area (Å²) in [6.07, 6.45) is 0. The molecule has 1 aromatic carbocycles. The number of anilines is 2. The third-order valence-electron chi connectivity index (χ3n) is 2.33. The molecule has 2 aromatic rings. The summed E-state index contributed by atoms with van der Waals surface area (Å²) in [5, 5.41) is 1.64. The van der Waals surface area contributed by atoms with E-state index >= 15 is 0 Å². The number of rotatable bonds is 4. The number of hydrogen-bond donors (Lipinski definition) is 2. The van der Waals surface area contributed by atoms with Crippen molar-refractivity contribution < 1.29 is 13.2 Å². The SMILES string of the molecule is CC(=O)c1csc(NS(=O)(=O)c2ccc(N)cc2Br)n1. The molecule has 0 atom stereocenters. The van der Waals surface area contributed by atoms with Gasteiger partial charge in [0.15, 0.2) is 10.9 Å². The second-order valence-corrected chi connectivity index (χ2v) is 7.25. The number of aromatic nitrogens is 1. The molecule has 0 aliphatic carbocycles. The van der Waals surface area contributed by atoms with E-state index < -0.39 is 10.0 Å². The molecule has 0 aliphatic rings. The highest BCUT2D eigenvalue weighted by Crippen LogP contribution is 2.27. The number of Topliss-reactive ketones (excluding diaryl/α,β-unsaturated/α-hetero) is 1. The number of thiazole rings is 1. The molecule has 106 valence electrons. The number of nitrogen functional groups attached to an aromatic ring is 1. The normalized spacial score (nSPS) is 11.3. The van der Waals surface area contributed by atoms with Gasteiger partial charge in [-0.25, -0.2) is 13.4 Å². The van der Waals surface area contributed by atoms with Crippen molar-refractivity contribution in [2.45, 2.75) is 11.8 Å². The number of benzene rings is 1. The van der Waals surface area contributed by atoms with E-state index in [4.69, 9.17) is 5.73 Å². The largest absolute Gasteiger partial charge is 0.399 e. The van der Waals surface area contributed by atoms with E-state index in [0.29, 0.717) is 10.2 Å². The van der Waals surface area contributed by atoms with Gasteiger partial charge in [0.25, 0.3) is 10.0 Å². The van der Waals surface area contributed by atoms with Gasteiger partial charge >= 0.3 is 0 Å². The molecule has 6 nitrogen and oxygen atoms in total. The summed E-state index contributed by atoms with van der Waals surface area (Å²) < 4.78 is 27.1. The molecule has 0 bridgehead atoms. The van der Waals surface area contributed by atoms with Gasteiger partial charge < -0.3 is 5.73 Å². The molecule has 0 unspecified atom stereocenters. The smallest absolute Gasteiger partial charge is 0.264 e. The van der Waals surface area contributed by atoms with Crippen molar-refractivity contribution in [3.63, 3.8) is 0 Å². The molecule has 0 aliphatic heterocycles. The van der Waals surface area contributed by atoms with Crippen LogP contribution in [-0.4, -0.2) is 19.2 Å². The van der Waals surface area contributed by atoms with Crippen molar-refractivity contribution in [1.29, 1.82) is 0 Å². The molecule has 0 amide bonds. The van der Waals surface area contributed by atoms with Crippen molar-refractivity contribution in [2.75, 3.05) is 10.5 Å². The van der Waals surface area contributed by atoms with E-state index in [1.165, 1.54) is 30.5 Å². The van der Waals surface area contributed by atoms with E-state index in [1.807, 2.05) is 0 Å². The monoisotopic (exact) mass is 375 g/mol. The summed E-state index contributed by atoms with van der Waals surface area (Å²) in [5.41, 5.74) is 6.24. The highest BCUT2D eigenvalue weighted by molar-refractivity contribution is 9.10. The van der Waals surface area contributed by atoms with E-state index in [0.717, 1.165) is 11.3 Å². The molecule has 1 heterocycles. The van der Waals surface area contributed by atoms with Gasteiger partial charge in [0, 0.05) is 22.5 Å². The van der Waals surface area contributed by atoms with Crippen LogP contribution in [0, 0.1) is 0 Å². The average molecular weight is 376 g/mol. The van der Waals surface area contributed by atoms with Gasteiger partial charge in [-0.1, -0.05) is 0 Å². The molecular formula is C11H10BrN3O3S2. The maximum Gasteiger partial charge on any atom is 0.264 e. The number of nitrogens with one attached hydrogen (secondary N) is 1. The topological polar surface area (TPSA) is 102 Å². The number of carbonyl (C=O) groups excluding carboxylic acids is 1. The fourth-order valence-corrected chi connectivity index (χ4v) is 4.49. The highest BCUT2D eigenvalue weighted by atomic mass is 79.9. The van der Waals surface area contributed by atoms with Crippen LogP contribution in [0.25, 0.3) is 0 Å². The highest BCUT2D eigenvalue weighted by Gasteiger charge is 2.19. The molecule has 0 saturated carbocycles. The lowest BCUT2D eigenvalue weighted by atomic mass is 10.3. The molecule has 20 heavy (non-hydrogen) atoms. The summed E-state index contributed by atoms with van der Waals surface area (Å²) in [6, 6.07) is 4.38. The van der Waals surface area contributed by atoms with Crippen molar-refractivity contribution in [3.05, 3.63) is 33.7 Å².